The molecule has 5 saturated carbocycles. The number of carbonyl (C=O) groups is 6. The zero-order valence-electron chi connectivity index (χ0n) is 60.9. The van der Waals surface area contributed by atoms with Gasteiger partial charge in [-0.25, -0.2) is 0 Å². The van der Waals surface area contributed by atoms with Gasteiger partial charge in [0.15, 0.2) is 23.8 Å². The van der Waals surface area contributed by atoms with E-state index in [0.29, 0.717) is 142 Å². The van der Waals surface area contributed by atoms with Crippen LogP contribution in [0.15, 0.2) is 85.5 Å². The Labute approximate surface area is 621 Å². The summed E-state index contributed by atoms with van der Waals surface area (Å²) in [5.74, 6) is 0.442. The molecule has 18 atom stereocenters. The van der Waals surface area contributed by atoms with Crippen molar-refractivity contribution in [3.63, 3.8) is 0 Å². The molecule has 8 aliphatic heterocycles. The van der Waals surface area contributed by atoms with Gasteiger partial charge in [0.2, 0.25) is 0 Å². The number of allylic oxidation sites excluding steroid dienone is 1. The monoisotopic (exact) mass is 1460 g/mol. The molecule has 9 aliphatic carbocycles. The van der Waals surface area contributed by atoms with Gasteiger partial charge in [-0.05, 0) is 189 Å². The fourth-order valence-electron chi connectivity index (χ4n) is 25.0. The lowest BCUT2D eigenvalue weighted by Gasteiger charge is -2.63. The number of piperidine rings is 4. The lowest BCUT2D eigenvalue weighted by Crippen LogP contribution is -2.77. The number of benzene rings is 4. The standard InChI is InChI=1S/C22H28N2O4.C21H24N2O4.C20H24N2O4.C20H22N2O4/c1-12(2)6-9-24-10-8-21-17-13-3-4-14(20(23)26)18(17)28-19(21)15(25)5-7-22(21,27)16(24)11-13;22-19(25)13-4-3-12-9-15-21(26)6-5-14(24)18-20(21,16(12)17(13)27-18)7-8-23(15)10-11-1-2-11;2*1-2-8-22-9-7-19-15-11-3-4-12(18(21)24)16(15)26-17(19)13(23)5-6-20(19,25)14(22)10-11/h3-4,6,15-16,19,25,27H,5,7-11H2,1-2H3,(H2,23,26);3-4,11,15,18,26H,1-2,5-10H2,(H2,22,25);2-4,13-14,17,23,25H,1,5-10H2,(H2,21,24);2-4,14,17,25H,1,5-10H2,(H2,21,24)/t15-,16?,19+,21+,22-;15?,18-,20-,21+;13-,14?,17+,19+,20-;14?,17-,19-,20+/m1010/s1. The molecular formula is C83H98N8O16. The first-order valence-corrected chi connectivity index (χ1v) is 38.8. The first-order valence-electron chi connectivity index (χ1n) is 38.8. The molecule has 17 aliphatic rings. The Morgan fingerprint density at radius 1 is 0.449 bits per heavy atom. The normalized spacial score (nSPS) is 38.4. The third-order valence-electron chi connectivity index (χ3n) is 29.6. The molecule has 0 aromatic heterocycles. The summed E-state index contributed by atoms with van der Waals surface area (Å²) in [6, 6.07) is 14.5. The zero-order chi connectivity index (χ0) is 74.9. The van der Waals surface area contributed by atoms with E-state index in [9.17, 15) is 59.4 Å². The topological polar surface area (TPSA) is 378 Å². The second-order valence-corrected chi connectivity index (χ2v) is 34.3. The smallest absolute Gasteiger partial charge is 0.252 e. The number of rotatable bonds is 12. The molecule has 9 fully saturated rings. The molecule has 21 rings (SSSR count). The summed E-state index contributed by atoms with van der Waals surface area (Å²) in [5, 5.41) is 69.6. The van der Waals surface area contributed by atoms with Gasteiger partial charge in [0.25, 0.3) is 23.6 Å². The Balaban J connectivity index is 0.000000101. The number of aliphatic hydroxyl groups excluding tert-OH is 2. The molecule has 4 spiro atoms. The minimum absolute atomic E-state index is 0.00364. The fourth-order valence-corrected chi connectivity index (χ4v) is 25.0. The highest BCUT2D eigenvalue weighted by Crippen LogP contribution is 2.69. The molecule has 4 aromatic rings. The van der Waals surface area contributed by atoms with Crippen LogP contribution in [0.25, 0.3) is 0 Å². The van der Waals surface area contributed by atoms with Crippen molar-refractivity contribution >= 4 is 35.2 Å². The first kappa shape index (κ1) is 70.8. The lowest BCUT2D eigenvalue weighted by atomic mass is 9.48. The fraction of sp³-hybridized carbons (Fsp3) is 0.566. The Kier molecular flexibility index (Phi) is 16.1. The summed E-state index contributed by atoms with van der Waals surface area (Å²) in [7, 11) is 0. The van der Waals surface area contributed by atoms with E-state index in [1.807, 2.05) is 36.4 Å². The third-order valence-corrected chi connectivity index (χ3v) is 29.6. The summed E-state index contributed by atoms with van der Waals surface area (Å²) in [5.41, 5.74) is 25.9. The average Bonchev–Trinajstić information content (AvgIpc) is 1.58. The molecule has 8 heterocycles. The number of carbonyl (C=O) groups excluding carboxylic acids is 6. The molecule has 4 unspecified atom stereocenters. The van der Waals surface area contributed by atoms with E-state index in [2.05, 4.69) is 52.7 Å². The van der Waals surface area contributed by atoms with E-state index >= 15 is 0 Å². The molecule has 8 bridgehead atoms. The van der Waals surface area contributed by atoms with Crippen LogP contribution in [-0.2, 0) is 56.9 Å². The van der Waals surface area contributed by atoms with Gasteiger partial charge < -0.3 is 72.5 Å². The maximum atomic E-state index is 12.8. The number of ketones is 2. The third kappa shape index (κ3) is 9.19. The minimum atomic E-state index is -1.05. The quantitative estimate of drug-likeness (QED) is 0.0909. The van der Waals surface area contributed by atoms with Gasteiger partial charge in [-0.15, -0.1) is 13.2 Å². The first-order chi connectivity index (χ1) is 51.1. The van der Waals surface area contributed by atoms with Gasteiger partial charge >= 0.3 is 0 Å². The highest BCUT2D eigenvalue weighted by molar-refractivity contribution is 6.01. The van der Waals surface area contributed by atoms with Crippen LogP contribution < -0.4 is 41.9 Å². The van der Waals surface area contributed by atoms with Crippen molar-refractivity contribution in [3.05, 3.63) is 152 Å². The molecular weight excluding hydrogens is 1360 g/mol. The zero-order valence-corrected chi connectivity index (χ0v) is 60.9. The largest absolute Gasteiger partial charge is 0.486 e. The van der Waals surface area contributed by atoms with Crippen LogP contribution in [0.5, 0.6) is 23.0 Å². The van der Waals surface area contributed by atoms with E-state index < -0.39 is 104 Å². The van der Waals surface area contributed by atoms with Gasteiger partial charge in [-0.1, -0.05) is 48.1 Å². The molecule has 4 amide bonds. The van der Waals surface area contributed by atoms with E-state index in [-0.39, 0.29) is 42.2 Å². The van der Waals surface area contributed by atoms with Crippen LogP contribution in [0.2, 0.25) is 0 Å². The molecule has 107 heavy (non-hydrogen) atoms. The minimum Gasteiger partial charge on any atom is -0.486 e. The summed E-state index contributed by atoms with van der Waals surface area (Å²) < 4.78 is 24.7. The molecule has 0 radical (unpaired) electrons. The predicted octanol–water partition coefficient (Wildman–Crippen LogP) is 3.37. The van der Waals surface area contributed by atoms with E-state index in [4.69, 9.17) is 41.9 Å². The Morgan fingerprint density at radius 3 is 1.11 bits per heavy atom. The van der Waals surface area contributed by atoms with Crippen molar-refractivity contribution < 1.29 is 78.4 Å². The number of primary amides is 4. The summed E-state index contributed by atoms with van der Waals surface area (Å²) in [4.78, 5) is 82.8. The second-order valence-electron chi connectivity index (χ2n) is 34.3. The highest BCUT2D eigenvalue weighted by atomic mass is 16.5. The number of Topliss-reactive ketones (excluding diaryl/α,β-unsaturated/α-hetero) is 2. The Bertz CT molecular complexity index is 4610. The van der Waals surface area contributed by atoms with Crippen LogP contribution in [0.3, 0.4) is 0 Å². The van der Waals surface area contributed by atoms with Crippen molar-refractivity contribution in [3.8, 4) is 23.0 Å². The summed E-state index contributed by atoms with van der Waals surface area (Å²) in [6.07, 6.45) is 13.7. The average molecular weight is 1460 g/mol. The van der Waals surface area contributed by atoms with Gasteiger partial charge in [0, 0.05) is 92.0 Å². The molecule has 4 aromatic carbocycles. The number of ether oxygens (including phenoxy) is 4. The second kappa shape index (κ2) is 24.3. The Morgan fingerprint density at radius 2 is 0.766 bits per heavy atom. The highest BCUT2D eigenvalue weighted by Gasteiger charge is 2.78. The summed E-state index contributed by atoms with van der Waals surface area (Å²) >= 11 is 0. The van der Waals surface area contributed by atoms with E-state index in [1.165, 1.54) is 18.4 Å². The van der Waals surface area contributed by atoms with Gasteiger partial charge in [-0.2, -0.15) is 0 Å². The molecule has 24 heteroatoms. The maximum absolute atomic E-state index is 12.8. The molecule has 24 nitrogen and oxygen atoms in total. The molecule has 14 N–H and O–H groups in total. The number of aliphatic hydroxyl groups is 6. The maximum Gasteiger partial charge on any atom is 0.252 e. The van der Waals surface area contributed by atoms with Crippen molar-refractivity contribution in [1.82, 2.24) is 19.6 Å². The van der Waals surface area contributed by atoms with Crippen molar-refractivity contribution in [1.29, 1.82) is 0 Å². The molecule has 4 saturated heterocycles. The van der Waals surface area contributed by atoms with E-state index in [1.54, 1.807) is 24.3 Å². The van der Waals surface area contributed by atoms with Crippen molar-refractivity contribution in [2.45, 2.75) is 234 Å². The predicted molar refractivity (Wildman–Crippen MR) is 390 cm³/mol. The van der Waals surface area contributed by atoms with Crippen LogP contribution in [-0.4, -0.2) is 221 Å². The number of amides is 4. The molecule has 566 valence electrons. The van der Waals surface area contributed by atoms with Crippen LogP contribution in [0.4, 0.5) is 0 Å². The van der Waals surface area contributed by atoms with Crippen molar-refractivity contribution in [2.24, 2.45) is 28.9 Å². The van der Waals surface area contributed by atoms with E-state index in [0.717, 1.165) is 103 Å². The number of likely N-dealkylation sites (tertiary alicyclic amines) is 4. The number of nitrogens with zero attached hydrogens (tertiary/aromatic N) is 4. The van der Waals surface area contributed by atoms with Gasteiger partial charge in [0.1, 0.15) is 35.2 Å². The van der Waals surface area contributed by atoms with Crippen LogP contribution in [0, 0.1) is 5.92 Å². The van der Waals surface area contributed by atoms with Gasteiger partial charge in [-0.3, -0.25) is 48.4 Å². The number of nitrogens with two attached hydrogens (primary N) is 4. The van der Waals surface area contributed by atoms with Crippen molar-refractivity contribution in [2.75, 3.05) is 52.4 Å². The lowest BCUT2D eigenvalue weighted by molar-refractivity contribution is -0.206. The van der Waals surface area contributed by atoms with Crippen LogP contribution >= 0.6 is 0 Å². The van der Waals surface area contributed by atoms with Gasteiger partial charge in [0.05, 0.1) is 78.5 Å². The number of hydrogen-bond acceptors (Lipinski definition) is 20. The SMILES string of the molecule is C=CCN1CC[C@]23c4c5ccc(C(N)=O)c4O[C@H]2C(=O)CC[C@@]3(O)C1C5.C=CCN1CC[C@]23c4c5ccc(C(N)=O)c4O[C@H]2[C@H](O)CC[C@@]3(O)C1C5.CC(C)=CCN1CC[C@]23c4c5ccc(C(N)=O)c4O[C@H]2[C@H](O)CC[C@@]3(O)C1C5.NC(=O)c1ccc2c3c1O[C@H]1C(=O)CC[C@@]4(O)C(C2)N(CC2CC2)CC[C@]314. The Hall–Kier alpha value is -7.88. The van der Waals surface area contributed by atoms with Crippen LogP contribution in [0.1, 0.15) is 190 Å². The number of hydrogen-bond donors (Lipinski definition) is 10. The summed E-state index contributed by atoms with van der Waals surface area (Å²) in [6.45, 7) is 18.4.